The summed E-state index contributed by atoms with van der Waals surface area (Å²) < 4.78 is 0. The van der Waals surface area contributed by atoms with Crippen LogP contribution in [0, 0.1) is 6.92 Å². The number of rotatable bonds is 8. The first-order chi connectivity index (χ1) is 12.5. The minimum absolute atomic E-state index is 0.0206. The molecule has 0 aliphatic carbocycles. The normalized spacial score (nSPS) is 11.7. The molecule has 0 spiro atoms. The van der Waals surface area contributed by atoms with E-state index in [-0.39, 0.29) is 17.9 Å². The van der Waals surface area contributed by atoms with Crippen LogP contribution in [0.15, 0.2) is 53.4 Å². The maximum atomic E-state index is 12.2. The summed E-state index contributed by atoms with van der Waals surface area (Å²) in [6.07, 6.45) is 0.889. The highest BCUT2D eigenvalue weighted by atomic mass is 32.2. The molecule has 0 fully saturated rings. The molecule has 0 radical (unpaired) electrons. The van der Waals surface area contributed by atoms with Crippen molar-refractivity contribution in [2.75, 3.05) is 5.75 Å². The summed E-state index contributed by atoms with van der Waals surface area (Å²) in [5.41, 5.74) is 2.70. The second-order valence-electron chi connectivity index (χ2n) is 6.31. The smallest absolute Gasteiger partial charge is 0.251 e. The third-order valence-corrected chi connectivity index (χ3v) is 5.30. The van der Waals surface area contributed by atoms with Crippen molar-refractivity contribution in [3.05, 3.63) is 65.2 Å². The van der Waals surface area contributed by atoms with E-state index < -0.39 is 0 Å². The fourth-order valence-corrected chi connectivity index (χ4v) is 3.20. The van der Waals surface area contributed by atoms with Crippen molar-refractivity contribution in [3.63, 3.8) is 0 Å². The molecule has 2 N–H and O–H groups in total. The summed E-state index contributed by atoms with van der Waals surface area (Å²) in [6.45, 7) is 6.47. The van der Waals surface area contributed by atoms with Gasteiger partial charge in [-0.2, -0.15) is 0 Å². The molecule has 2 aromatic rings. The monoisotopic (exact) mass is 370 g/mol. The van der Waals surface area contributed by atoms with Gasteiger partial charge < -0.3 is 10.6 Å². The van der Waals surface area contributed by atoms with E-state index >= 15 is 0 Å². The summed E-state index contributed by atoms with van der Waals surface area (Å²) in [4.78, 5) is 25.4. The van der Waals surface area contributed by atoms with Crippen LogP contribution in [0.25, 0.3) is 0 Å². The highest BCUT2D eigenvalue weighted by molar-refractivity contribution is 8.00. The Kier molecular flexibility index (Phi) is 7.73. The van der Waals surface area contributed by atoms with Gasteiger partial charge >= 0.3 is 0 Å². The molecular weight excluding hydrogens is 344 g/mol. The Morgan fingerprint density at radius 3 is 2.62 bits per heavy atom. The molecule has 2 aromatic carbocycles. The van der Waals surface area contributed by atoms with Crippen molar-refractivity contribution in [2.24, 2.45) is 0 Å². The topological polar surface area (TPSA) is 58.2 Å². The second kappa shape index (κ2) is 10.0. The lowest BCUT2D eigenvalue weighted by Crippen LogP contribution is -2.32. The van der Waals surface area contributed by atoms with E-state index in [2.05, 4.69) is 10.6 Å². The summed E-state index contributed by atoms with van der Waals surface area (Å²) in [7, 11) is 0. The Morgan fingerprint density at radius 2 is 1.88 bits per heavy atom. The third-order valence-electron chi connectivity index (χ3n) is 4.12. The predicted octanol–water partition coefficient (Wildman–Crippen LogP) is 3.93. The Balaban J connectivity index is 1.85. The summed E-state index contributed by atoms with van der Waals surface area (Å²) in [5.74, 6) is 0.273. The lowest BCUT2D eigenvalue weighted by Gasteiger charge is -2.12. The molecule has 26 heavy (non-hydrogen) atoms. The average Bonchev–Trinajstić information content (AvgIpc) is 2.65. The third kappa shape index (κ3) is 6.23. The van der Waals surface area contributed by atoms with Crippen molar-refractivity contribution in [2.45, 2.75) is 44.7 Å². The van der Waals surface area contributed by atoms with Crippen molar-refractivity contribution in [1.29, 1.82) is 0 Å². The van der Waals surface area contributed by atoms with Crippen LogP contribution in [-0.4, -0.2) is 23.6 Å². The Hall–Kier alpha value is -2.27. The van der Waals surface area contributed by atoms with Gasteiger partial charge in [0, 0.05) is 23.0 Å². The number of carbonyl (C=O) groups is 2. The first kappa shape index (κ1) is 20.0. The Morgan fingerprint density at radius 1 is 1.12 bits per heavy atom. The van der Waals surface area contributed by atoms with Gasteiger partial charge in [-0.25, -0.2) is 0 Å². The number of carbonyl (C=O) groups excluding carboxylic acids is 2. The lowest BCUT2D eigenvalue weighted by atomic mass is 10.1. The van der Waals surface area contributed by atoms with Gasteiger partial charge in [0.2, 0.25) is 5.91 Å². The molecule has 2 rings (SSSR count). The molecule has 1 unspecified atom stereocenters. The van der Waals surface area contributed by atoms with Gasteiger partial charge in [0.05, 0.1) is 5.75 Å². The molecule has 2 amide bonds. The van der Waals surface area contributed by atoms with Crippen molar-refractivity contribution in [1.82, 2.24) is 10.6 Å². The molecule has 1 atom stereocenters. The number of nitrogens with one attached hydrogen (secondary N) is 2. The fourth-order valence-electron chi connectivity index (χ4n) is 2.35. The zero-order valence-corrected chi connectivity index (χ0v) is 16.4. The molecule has 0 aliphatic rings. The van der Waals surface area contributed by atoms with E-state index in [9.17, 15) is 9.59 Å². The van der Waals surface area contributed by atoms with Crippen LogP contribution in [0.3, 0.4) is 0 Å². The quantitative estimate of drug-likeness (QED) is 0.692. The molecule has 0 saturated carbocycles. The highest BCUT2D eigenvalue weighted by Crippen LogP contribution is 2.21. The van der Waals surface area contributed by atoms with Gasteiger partial charge in [0.15, 0.2) is 0 Å². The van der Waals surface area contributed by atoms with Gasteiger partial charge in [0.1, 0.15) is 0 Å². The first-order valence-corrected chi connectivity index (χ1v) is 9.83. The number of hydrogen-bond donors (Lipinski definition) is 2. The second-order valence-corrected chi connectivity index (χ2v) is 7.33. The van der Waals surface area contributed by atoms with Crippen molar-refractivity contribution in [3.8, 4) is 0 Å². The van der Waals surface area contributed by atoms with E-state index in [1.54, 1.807) is 6.07 Å². The van der Waals surface area contributed by atoms with Gasteiger partial charge in [-0.1, -0.05) is 37.3 Å². The van der Waals surface area contributed by atoms with Gasteiger partial charge in [-0.05, 0) is 49.6 Å². The molecular formula is C21H26N2O2S. The summed E-state index contributed by atoms with van der Waals surface area (Å²) >= 11 is 1.53. The maximum absolute atomic E-state index is 12.2. The number of amides is 2. The molecule has 5 heteroatoms. The van der Waals surface area contributed by atoms with E-state index in [1.165, 1.54) is 17.3 Å². The first-order valence-electron chi connectivity index (χ1n) is 8.84. The van der Waals surface area contributed by atoms with Crippen molar-refractivity contribution < 1.29 is 9.59 Å². The molecule has 0 aliphatic heterocycles. The minimum Gasteiger partial charge on any atom is -0.351 e. The van der Waals surface area contributed by atoms with Crippen LogP contribution < -0.4 is 10.6 Å². The van der Waals surface area contributed by atoms with Crippen molar-refractivity contribution >= 4 is 23.6 Å². The van der Waals surface area contributed by atoms with Crippen LogP contribution in [0.1, 0.15) is 41.8 Å². The number of hydrogen-bond acceptors (Lipinski definition) is 3. The molecule has 138 valence electrons. The standard InChI is InChI=1S/C21H26N2O2S/c1-4-16(3)23-21(25)18-10-7-9-17(12-18)13-22-20(24)14-26-19-11-6-5-8-15(19)2/h5-12,16H,4,13-14H2,1-3H3,(H,22,24)(H,23,25). The molecule has 0 bridgehead atoms. The molecule has 4 nitrogen and oxygen atoms in total. The summed E-state index contributed by atoms with van der Waals surface area (Å²) in [5, 5.41) is 5.87. The van der Waals surface area contributed by atoms with Crippen LogP contribution in [-0.2, 0) is 11.3 Å². The van der Waals surface area contributed by atoms with Gasteiger partial charge in [0.25, 0.3) is 5.91 Å². The van der Waals surface area contributed by atoms with E-state index in [0.717, 1.165) is 16.9 Å². The number of thioether (sulfide) groups is 1. The van der Waals surface area contributed by atoms with Crippen LogP contribution in [0.4, 0.5) is 0 Å². The molecule has 0 saturated heterocycles. The Bertz CT molecular complexity index is 761. The number of aryl methyl sites for hydroxylation is 1. The predicted molar refractivity (Wildman–Crippen MR) is 107 cm³/mol. The van der Waals surface area contributed by atoms with Gasteiger partial charge in [-0.15, -0.1) is 11.8 Å². The van der Waals surface area contributed by atoms with Crippen LogP contribution in [0.2, 0.25) is 0 Å². The highest BCUT2D eigenvalue weighted by Gasteiger charge is 2.09. The zero-order valence-electron chi connectivity index (χ0n) is 15.5. The van der Waals surface area contributed by atoms with Crippen LogP contribution >= 0.6 is 11.8 Å². The Labute approximate surface area is 159 Å². The largest absolute Gasteiger partial charge is 0.351 e. The lowest BCUT2D eigenvalue weighted by molar-refractivity contribution is -0.118. The zero-order chi connectivity index (χ0) is 18.9. The summed E-state index contributed by atoms with van der Waals surface area (Å²) in [6, 6.07) is 15.5. The maximum Gasteiger partial charge on any atom is 0.251 e. The minimum atomic E-state index is -0.0809. The SMILES string of the molecule is CCC(C)NC(=O)c1cccc(CNC(=O)CSc2ccccc2C)c1. The van der Waals surface area contributed by atoms with E-state index in [4.69, 9.17) is 0 Å². The molecule has 0 aromatic heterocycles. The number of benzene rings is 2. The average molecular weight is 371 g/mol. The van der Waals surface area contributed by atoms with E-state index in [1.807, 2.05) is 63.2 Å². The van der Waals surface area contributed by atoms with E-state index in [0.29, 0.717) is 17.9 Å². The fraction of sp³-hybridized carbons (Fsp3) is 0.333. The van der Waals surface area contributed by atoms with Crippen LogP contribution in [0.5, 0.6) is 0 Å². The molecule has 0 heterocycles. The van der Waals surface area contributed by atoms with Gasteiger partial charge in [-0.3, -0.25) is 9.59 Å².